The number of aromatic nitrogens is 2. The molecule has 228 valence electrons. The van der Waals surface area contributed by atoms with Crippen molar-refractivity contribution in [3.05, 3.63) is 22.7 Å². The van der Waals surface area contributed by atoms with Crippen LogP contribution in [0.15, 0.2) is 17.1 Å². The summed E-state index contributed by atoms with van der Waals surface area (Å²) in [6, 6.07) is 2.54. The molecule has 3 aliphatic heterocycles. The molecule has 6 rings (SSSR count). The predicted octanol–water partition coefficient (Wildman–Crippen LogP) is 6.28. The number of likely N-dealkylation sites (tertiary alicyclic amines) is 2. The largest absolute Gasteiger partial charge is 0.487 e. The number of hydrogen-bond acceptors (Lipinski definition) is 8. The van der Waals surface area contributed by atoms with Gasteiger partial charge in [0, 0.05) is 50.1 Å². The molecule has 4 heterocycles. The molecule has 4 fully saturated rings. The molecule has 1 aliphatic carbocycles. The summed E-state index contributed by atoms with van der Waals surface area (Å²) in [5.74, 6) is 1.64. The highest BCUT2D eigenvalue weighted by molar-refractivity contribution is 9.10. The van der Waals surface area contributed by atoms with Gasteiger partial charge in [-0.15, -0.1) is 0 Å². The maximum Gasteiger partial charge on any atom is 0.410 e. The smallest absolute Gasteiger partial charge is 0.410 e. The molecule has 1 amide bonds. The number of ether oxygens (including phenoxy) is 3. The van der Waals surface area contributed by atoms with E-state index < -0.39 is 5.60 Å². The van der Waals surface area contributed by atoms with Crippen molar-refractivity contribution >= 4 is 44.8 Å². The predicted molar refractivity (Wildman–Crippen MR) is 168 cm³/mol. The van der Waals surface area contributed by atoms with Crippen LogP contribution in [0, 0.1) is 5.41 Å². The molecule has 3 saturated heterocycles. The van der Waals surface area contributed by atoms with Crippen LogP contribution in [-0.2, 0) is 4.74 Å². The Balaban J connectivity index is 1.28. The Hall–Kier alpha value is -2.59. The van der Waals surface area contributed by atoms with Crippen LogP contribution >= 0.6 is 15.9 Å². The number of halogens is 1. The van der Waals surface area contributed by atoms with Crippen LogP contribution in [0.1, 0.15) is 71.3 Å². The molecule has 1 spiro atoms. The molecule has 1 aromatic heterocycles. The first-order chi connectivity index (χ1) is 20.0. The third-order valence-electron chi connectivity index (χ3n) is 9.19. The van der Waals surface area contributed by atoms with Crippen LogP contribution in [0.25, 0.3) is 17.0 Å². The fourth-order valence-corrected chi connectivity index (χ4v) is 6.94. The van der Waals surface area contributed by atoms with Gasteiger partial charge in [-0.1, -0.05) is 12.7 Å². The van der Waals surface area contributed by atoms with Crippen molar-refractivity contribution in [1.29, 1.82) is 0 Å². The van der Waals surface area contributed by atoms with E-state index in [0.717, 1.165) is 110 Å². The van der Waals surface area contributed by atoms with E-state index >= 15 is 0 Å². The van der Waals surface area contributed by atoms with Crippen LogP contribution in [0.4, 0.5) is 10.6 Å². The number of rotatable bonds is 6. The Bertz CT molecular complexity index is 1330. The standard InChI is InChI=1S/C32H44BrN5O4/c1-6-21-18-24-26(27(25(21)33)40-22-8-7-9-22)34-29(41-23-10-14-36(5)15-11-23)35-28(24)37-16-12-32(13-17-37)19-38(20-32)30(39)42-31(2,3)4/h6,18,22-23H,1,7-17,19-20H2,2-5H3. The molecule has 9 nitrogen and oxygen atoms in total. The van der Waals surface area contributed by atoms with Crippen molar-refractivity contribution in [2.45, 2.75) is 83.5 Å². The van der Waals surface area contributed by atoms with Gasteiger partial charge < -0.3 is 28.9 Å². The summed E-state index contributed by atoms with van der Waals surface area (Å²) in [7, 11) is 2.15. The second kappa shape index (κ2) is 11.5. The van der Waals surface area contributed by atoms with Gasteiger partial charge in [0.05, 0.1) is 10.6 Å². The molecule has 1 saturated carbocycles. The van der Waals surface area contributed by atoms with Gasteiger partial charge in [0.25, 0.3) is 0 Å². The van der Waals surface area contributed by atoms with Gasteiger partial charge >= 0.3 is 12.1 Å². The molecule has 2 aromatic rings. The normalized spacial score (nSPS) is 21.6. The van der Waals surface area contributed by atoms with Crippen LogP contribution in [-0.4, -0.2) is 90.0 Å². The minimum absolute atomic E-state index is 0.0943. The monoisotopic (exact) mass is 641 g/mol. The van der Waals surface area contributed by atoms with Crippen LogP contribution in [0.3, 0.4) is 0 Å². The summed E-state index contributed by atoms with van der Waals surface area (Å²) in [6.45, 7) is 15.0. The maximum absolute atomic E-state index is 12.6. The number of anilines is 1. The van der Waals surface area contributed by atoms with Crippen molar-refractivity contribution in [3.8, 4) is 11.8 Å². The fraction of sp³-hybridized carbons (Fsp3) is 0.656. The molecule has 10 heteroatoms. The van der Waals surface area contributed by atoms with Gasteiger partial charge in [0.2, 0.25) is 0 Å². The number of amides is 1. The Morgan fingerprint density at radius 3 is 2.31 bits per heavy atom. The molecule has 0 N–H and O–H groups in total. The first-order valence-corrected chi connectivity index (χ1v) is 16.2. The zero-order chi connectivity index (χ0) is 29.6. The SMILES string of the molecule is C=Cc1cc2c(N3CCC4(CC3)CN(C(=O)OC(C)(C)C)C4)nc(OC3CCN(C)CC3)nc2c(OC2CCC2)c1Br. The van der Waals surface area contributed by atoms with Crippen LogP contribution < -0.4 is 14.4 Å². The minimum Gasteiger partial charge on any atom is -0.487 e. The number of benzene rings is 1. The van der Waals surface area contributed by atoms with Crippen molar-refractivity contribution in [2.24, 2.45) is 5.41 Å². The second-order valence-electron chi connectivity index (χ2n) is 13.7. The molecule has 0 atom stereocenters. The fourth-order valence-electron chi connectivity index (χ4n) is 6.38. The lowest BCUT2D eigenvalue weighted by Gasteiger charge is -2.53. The summed E-state index contributed by atoms with van der Waals surface area (Å²) < 4.78 is 19.5. The van der Waals surface area contributed by atoms with Gasteiger partial charge in [-0.25, -0.2) is 4.79 Å². The molecule has 0 radical (unpaired) electrons. The zero-order valence-corrected chi connectivity index (χ0v) is 27.0. The van der Waals surface area contributed by atoms with E-state index in [1.807, 2.05) is 31.7 Å². The van der Waals surface area contributed by atoms with E-state index in [1.54, 1.807) is 0 Å². The first kappa shape index (κ1) is 29.5. The lowest BCUT2D eigenvalue weighted by atomic mass is 9.72. The average Bonchev–Trinajstić information content (AvgIpc) is 2.90. The molecule has 1 aromatic carbocycles. The highest BCUT2D eigenvalue weighted by Gasteiger charge is 2.48. The van der Waals surface area contributed by atoms with Crippen molar-refractivity contribution < 1.29 is 19.0 Å². The van der Waals surface area contributed by atoms with Crippen molar-refractivity contribution in [2.75, 3.05) is 51.2 Å². The number of carbonyl (C=O) groups is 1. The van der Waals surface area contributed by atoms with Crippen molar-refractivity contribution in [1.82, 2.24) is 19.8 Å². The third kappa shape index (κ3) is 6.07. The highest BCUT2D eigenvalue weighted by Crippen LogP contribution is 2.45. The quantitative estimate of drug-likeness (QED) is 0.365. The van der Waals surface area contributed by atoms with E-state index in [9.17, 15) is 4.79 Å². The van der Waals surface area contributed by atoms with Crippen molar-refractivity contribution in [3.63, 3.8) is 0 Å². The summed E-state index contributed by atoms with van der Waals surface area (Å²) in [5.41, 5.74) is 1.40. The lowest BCUT2D eigenvalue weighted by Crippen LogP contribution is -2.62. The van der Waals surface area contributed by atoms with Gasteiger partial charge in [-0.2, -0.15) is 9.97 Å². The number of nitrogens with zero attached hydrogens (tertiary/aromatic N) is 5. The molecule has 42 heavy (non-hydrogen) atoms. The Morgan fingerprint density at radius 1 is 1.05 bits per heavy atom. The Morgan fingerprint density at radius 2 is 1.71 bits per heavy atom. The minimum atomic E-state index is -0.481. The number of carbonyl (C=O) groups excluding carboxylic acids is 1. The number of fused-ring (bicyclic) bond motifs is 1. The van der Waals surface area contributed by atoms with E-state index in [-0.39, 0.29) is 23.7 Å². The summed E-state index contributed by atoms with van der Waals surface area (Å²) in [6.07, 6.45) is 9.11. The Labute approximate surface area is 257 Å². The summed E-state index contributed by atoms with van der Waals surface area (Å²) in [4.78, 5) is 29.2. The molecule has 0 unspecified atom stereocenters. The van der Waals surface area contributed by atoms with E-state index in [2.05, 4.69) is 45.4 Å². The van der Waals surface area contributed by atoms with E-state index in [1.165, 1.54) is 6.42 Å². The molecule has 0 bridgehead atoms. The van der Waals surface area contributed by atoms with Crippen LogP contribution in [0.5, 0.6) is 11.8 Å². The van der Waals surface area contributed by atoms with Gasteiger partial charge in [-0.3, -0.25) is 0 Å². The molecule has 4 aliphatic rings. The van der Waals surface area contributed by atoms with E-state index in [4.69, 9.17) is 24.2 Å². The van der Waals surface area contributed by atoms with Crippen LogP contribution in [0.2, 0.25) is 0 Å². The molecular weight excluding hydrogens is 598 g/mol. The van der Waals surface area contributed by atoms with Gasteiger partial charge in [-0.05, 0) is 100 Å². The first-order valence-electron chi connectivity index (χ1n) is 15.4. The van der Waals surface area contributed by atoms with Gasteiger partial charge in [0.1, 0.15) is 23.0 Å². The maximum atomic E-state index is 12.6. The third-order valence-corrected chi connectivity index (χ3v) is 10.0. The number of piperidine rings is 2. The number of hydrogen-bond donors (Lipinski definition) is 0. The summed E-state index contributed by atoms with van der Waals surface area (Å²) in [5, 5.41) is 0.957. The topological polar surface area (TPSA) is 80.3 Å². The lowest BCUT2D eigenvalue weighted by molar-refractivity contribution is -0.0434. The second-order valence-corrected chi connectivity index (χ2v) is 14.4. The summed E-state index contributed by atoms with van der Waals surface area (Å²) >= 11 is 3.80. The van der Waals surface area contributed by atoms with Gasteiger partial charge in [0.15, 0.2) is 5.75 Å². The zero-order valence-electron chi connectivity index (χ0n) is 25.5. The average molecular weight is 643 g/mol. The van der Waals surface area contributed by atoms with E-state index in [0.29, 0.717) is 6.01 Å². The molecular formula is C32H44BrN5O4. The Kier molecular flexibility index (Phi) is 8.06. The highest BCUT2D eigenvalue weighted by atomic mass is 79.9.